The molecule has 0 radical (unpaired) electrons. The Kier molecular flexibility index (Phi) is 5.53. The maximum atomic E-state index is 12.3. The monoisotopic (exact) mass is 368 g/mol. The molecule has 2 aliphatic rings. The van der Waals surface area contributed by atoms with Crippen molar-refractivity contribution < 1.29 is 23.8 Å². The standard InChI is InChI=1S/C17H21ClN2O5/c1-23-17(22)20-4-3-12(10-20)19-15(21)9-11-7-13(18)16-14(8-11)24-5-2-6-25-16/h7-8,12H,2-6,9-10H2,1H3,(H,19,21)/t12-/m1/s1. The molecule has 1 aromatic carbocycles. The normalized spacial score (nSPS) is 19.3. The summed E-state index contributed by atoms with van der Waals surface area (Å²) < 4.78 is 15.9. The van der Waals surface area contributed by atoms with E-state index in [1.165, 1.54) is 7.11 Å². The van der Waals surface area contributed by atoms with E-state index in [1.807, 2.05) is 0 Å². The molecule has 1 atom stereocenters. The predicted molar refractivity (Wildman–Crippen MR) is 91.3 cm³/mol. The van der Waals surface area contributed by atoms with Crippen LogP contribution in [0, 0.1) is 0 Å². The van der Waals surface area contributed by atoms with Crippen molar-refractivity contribution in [3.05, 3.63) is 22.7 Å². The number of nitrogens with zero attached hydrogens (tertiary/aromatic N) is 1. The topological polar surface area (TPSA) is 77.1 Å². The van der Waals surface area contributed by atoms with Crippen molar-refractivity contribution >= 4 is 23.6 Å². The van der Waals surface area contributed by atoms with Gasteiger partial charge in [0.2, 0.25) is 5.91 Å². The van der Waals surface area contributed by atoms with Crippen LogP contribution in [0.15, 0.2) is 12.1 Å². The van der Waals surface area contributed by atoms with E-state index in [4.69, 9.17) is 25.8 Å². The molecular weight excluding hydrogens is 348 g/mol. The summed E-state index contributed by atoms with van der Waals surface area (Å²) in [5.74, 6) is 0.987. The molecule has 8 heteroatoms. The quantitative estimate of drug-likeness (QED) is 0.883. The van der Waals surface area contributed by atoms with Gasteiger partial charge in [-0.3, -0.25) is 4.79 Å². The average molecular weight is 369 g/mol. The van der Waals surface area contributed by atoms with Crippen LogP contribution in [0.2, 0.25) is 5.02 Å². The van der Waals surface area contributed by atoms with Gasteiger partial charge in [0.25, 0.3) is 0 Å². The molecule has 1 saturated heterocycles. The van der Waals surface area contributed by atoms with Crippen LogP contribution in [0.3, 0.4) is 0 Å². The van der Waals surface area contributed by atoms with Crippen LogP contribution in [0.1, 0.15) is 18.4 Å². The third-order valence-electron chi connectivity index (χ3n) is 4.21. The Bertz CT molecular complexity index is 667. The summed E-state index contributed by atoms with van der Waals surface area (Å²) in [7, 11) is 1.35. The van der Waals surface area contributed by atoms with Crippen molar-refractivity contribution in [2.75, 3.05) is 33.4 Å². The third kappa shape index (κ3) is 4.28. The summed E-state index contributed by atoms with van der Waals surface area (Å²) in [6.07, 6.45) is 1.32. The lowest BCUT2D eigenvalue weighted by molar-refractivity contribution is -0.121. The number of benzene rings is 1. The molecule has 1 fully saturated rings. The zero-order chi connectivity index (χ0) is 17.8. The molecule has 0 spiro atoms. The molecule has 3 rings (SSSR count). The first-order valence-corrected chi connectivity index (χ1v) is 8.65. The predicted octanol–water partition coefficient (Wildman–Crippen LogP) is 2.00. The average Bonchev–Trinajstić information content (AvgIpc) is 2.90. The number of methoxy groups -OCH3 is 1. The second-order valence-corrected chi connectivity index (χ2v) is 6.51. The Morgan fingerprint density at radius 1 is 1.36 bits per heavy atom. The van der Waals surface area contributed by atoms with Gasteiger partial charge in [0, 0.05) is 25.6 Å². The van der Waals surface area contributed by atoms with Gasteiger partial charge in [-0.1, -0.05) is 11.6 Å². The number of carbonyl (C=O) groups is 2. The molecule has 0 bridgehead atoms. The first-order valence-electron chi connectivity index (χ1n) is 8.27. The minimum atomic E-state index is -0.369. The van der Waals surface area contributed by atoms with Crippen molar-refractivity contribution in [1.29, 1.82) is 0 Å². The zero-order valence-electron chi connectivity index (χ0n) is 14.0. The first-order chi connectivity index (χ1) is 12.1. The van der Waals surface area contributed by atoms with Crippen molar-refractivity contribution in [3.8, 4) is 11.5 Å². The van der Waals surface area contributed by atoms with Crippen molar-refractivity contribution in [2.45, 2.75) is 25.3 Å². The second kappa shape index (κ2) is 7.82. The van der Waals surface area contributed by atoms with Gasteiger partial charge in [-0.15, -0.1) is 0 Å². The number of amides is 2. The van der Waals surface area contributed by atoms with E-state index in [0.29, 0.717) is 49.2 Å². The van der Waals surface area contributed by atoms with Gasteiger partial charge in [0.1, 0.15) is 0 Å². The molecule has 1 aromatic rings. The number of rotatable bonds is 3. The molecule has 0 saturated carbocycles. The van der Waals surface area contributed by atoms with Gasteiger partial charge >= 0.3 is 6.09 Å². The van der Waals surface area contributed by atoms with Crippen LogP contribution in [-0.2, 0) is 16.0 Å². The molecule has 136 valence electrons. The number of ether oxygens (including phenoxy) is 3. The summed E-state index contributed by atoms with van der Waals surface area (Å²) in [6.45, 7) is 2.16. The van der Waals surface area contributed by atoms with E-state index in [-0.39, 0.29) is 24.5 Å². The van der Waals surface area contributed by atoms with Gasteiger partial charge in [-0.25, -0.2) is 4.79 Å². The zero-order valence-corrected chi connectivity index (χ0v) is 14.8. The molecule has 0 aliphatic carbocycles. The second-order valence-electron chi connectivity index (χ2n) is 6.10. The Morgan fingerprint density at radius 2 is 2.16 bits per heavy atom. The third-order valence-corrected chi connectivity index (χ3v) is 4.49. The molecule has 2 heterocycles. The van der Waals surface area contributed by atoms with Gasteiger partial charge in [0.15, 0.2) is 11.5 Å². The summed E-state index contributed by atoms with van der Waals surface area (Å²) in [4.78, 5) is 25.4. The van der Waals surface area contributed by atoms with Gasteiger partial charge in [-0.2, -0.15) is 0 Å². The Morgan fingerprint density at radius 3 is 2.96 bits per heavy atom. The number of likely N-dealkylation sites (tertiary alicyclic amines) is 1. The van der Waals surface area contributed by atoms with Crippen molar-refractivity contribution in [2.24, 2.45) is 0 Å². The number of halogens is 1. The fraction of sp³-hybridized carbons (Fsp3) is 0.529. The van der Waals surface area contributed by atoms with Gasteiger partial charge < -0.3 is 24.4 Å². The maximum absolute atomic E-state index is 12.3. The number of carbonyl (C=O) groups excluding carboxylic acids is 2. The number of hydrogen-bond acceptors (Lipinski definition) is 5. The lowest BCUT2D eigenvalue weighted by Gasteiger charge is -2.16. The molecule has 2 aliphatic heterocycles. The highest BCUT2D eigenvalue weighted by molar-refractivity contribution is 6.32. The molecule has 7 nitrogen and oxygen atoms in total. The van der Waals surface area contributed by atoms with Crippen molar-refractivity contribution in [3.63, 3.8) is 0 Å². The molecule has 0 unspecified atom stereocenters. The van der Waals surface area contributed by atoms with E-state index in [9.17, 15) is 9.59 Å². The van der Waals surface area contributed by atoms with Crippen molar-refractivity contribution in [1.82, 2.24) is 10.2 Å². The van der Waals surface area contributed by atoms with Crippen LogP contribution in [0.5, 0.6) is 11.5 Å². The van der Waals surface area contributed by atoms with E-state index in [2.05, 4.69) is 5.32 Å². The van der Waals surface area contributed by atoms with E-state index >= 15 is 0 Å². The van der Waals surface area contributed by atoms with Gasteiger partial charge in [0.05, 0.1) is 31.8 Å². The van der Waals surface area contributed by atoms with E-state index in [1.54, 1.807) is 17.0 Å². The maximum Gasteiger partial charge on any atom is 0.409 e. The summed E-state index contributed by atoms with van der Waals surface area (Å²) >= 11 is 6.25. The minimum absolute atomic E-state index is 0.0671. The summed E-state index contributed by atoms with van der Waals surface area (Å²) in [6, 6.07) is 3.45. The fourth-order valence-corrected chi connectivity index (χ4v) is 3.31. The lowest BCUT2D eigenvalue weighted by atomic mass is 10.1. The Hall–Kier alpha value is -2.15. The Balaban J connectivity index is 1.59. The highest BCUT2D eigenvalue weighted by Crippen LogP contribution is 2.38. The Labute approximate surface area is 151 Å². The van der Waals surface area contributed by atoms with Crippen LogP contribution in [-0.4, -0.2) is 56.4 Å². The van der Waals surface area contributed by atoms with Crippen LogP contribution in [0.25, 0.3) is 0 Å². The van der Waals surface area contributed by atoms with Crippen LogP contribution < -0.4 is 14.8 Å². The fourth-order valence-electron chi connectivity index (χ4n) is 3.02. The first kappa shape index (κ1) is 17.7. The molecule has 0 aromatic heterocycles. The van der Waals surface area contributed by atoms with Crippen LogP contribution >= 0.6 is 11.6 Å². The largest absolute Gasteiger partial charge is 0.489 e. The highest BCUT2D eigenvalue weighted by Gasteiger charge is 2.28. The molecule has 1 N–H and O–H groups in total. The lowest BCUT2D eigenvalue weighted by Crippen LogP contribution is -2.39. The number of nitrogens with one attached hydrogen (secondary N) is 1. The molecular formula is C17H21ClN2O5. The SMILES string of the molecule is COC(=O)N1CC[C@@H](NC(=O)Cc2cc(Cl)c3c(c2)OCCCO3)C1. The molecule has 25 heavy (non-hydrogen) atoms. The minimum Gasteiger partial charge on any atom is -0.489 e. The highest BCUT2D eigenvalue weighted by atomic mass is 35.5. The van der Waals surface area contributed by atoms with E-state index in [0.717, 1.165) is 12.0 Å². The number of fused-ring (bicyclic) bond motifs is 1. The number of hydrogen-bond donors (Lipinski definition) is 1. The van der Waals surface area contributed by atoms with Gasteiger partial charge in [-0.05, 0) is 24.1 Å². The van der Waals surface area contributed by atoms with E-state index < -0.39 is 0 Å². The summed E-state index contributed by atoms with van der Waals surface area (Å²) in [5, 5.41) is 3.39. The smallest absolute Gasteiger partial charge is 0.409 e. The van der Waals surface area contributed by atoms with Crippen LogP contribution in [0.4, 0.5) is 4.79 Å². The summed E-state index contributed by atoms with van der Waals surface area (Å²) in [5.41, 5.74) is 0.759. The molecule has 2 amide bonds.